The summed E-state index contributed by atoms with van der Waals surface area (Å²) in [4.78, 5) is 8.60. The molecule has 0 N–H and O–H groups in total. The highest BCUT2D eigenvalue weighted by atomic mass is 32.2. The van der Waals surface area contributed by atoms with Gasteiger partial charge in [-0.15, -0.1) is 0 Å². The second-order valence-electron chi connectivity index (χ2n) is 5.11. The van der Waals surface area contributed by atoms with Crippen LogP contribution in [0.4, 0.5) is 4.39 Å². The van der Waals surface area contributed by atoms with E-state index in [9.17, 15) is 4.39 Å². The quantitative estimate of drug-likeness (QED) is 0.655. The summed E-state index contributed by atoms with van der Waals surface area (Å²) < 4.78 is 18.2. The zero-order valence-corrected chi connectivity index (χ0v) is 13.6. The molecule has 0 saturated carbocycles. The van der Waals surface area contributed by atoms with E-state index in [0.717, 1.165) is 10.6 Å². The Hall–Kier alpha value is -2.72. The molecule has 3 aromatic rings. The van der Waals surface area contributed by atoms with Crippen molar-refractivity contribution in [3.63, 3.8) is 0 Å². The number of halogens is 1. The van der Waals surface area contributed by atoms with Crippen molar-refractivity contribution in [1.29, 1.82) is 5.26 Å². The number of thioether (sulfide) groups is 1. The average Bonchev–Trinajstić information content (AvgIpc) is 3.06. The summed E-state index contributed by atoms with van der Waals surface area (Å²) in [6.45, 7) is 1.93. The monoisotopic (exact) mass is 340 g/mol. The van der Waals surface area contributed by atoms with E-state index in [-0.39, 0.29) is 11.1 Å². The van der Waals surface area contributed by atoms with Crippen molar-refractivity contribution in [3.05, 3.63) is 71.3 Å². The second-order valence-corrected chi connectivity index (χ2v) is 6.47. The van der Waals surface area contributed by atoms with Crippen LogP contribution in [0.1, 0.15) is 35.0 Å². The third-order valence-corrected chi connectivity index (χ3v) is 4.29. The summed E-state index contributed by atoms with van der Waals surface area (Å²) in [6, 6.07) is 11.7. The van der Waals surface area contributed by atoms with Gasteiger partial charge in [-0.2, -0.15) is 10.2 Å². The van der Waals surface area contributed by atoms with Crippen molar-refractivity contribution in [2.75, 3.05) is 0 Å². The Labute approximate surface area is 142 Å². The van der Waals surface area contributed by atoms with Crippen LogP contribution < -0.4 is 0 Å². The van der Waals surface area contributed by atoms with Crippen LogP contribution in [-0.2, 0) is 6.42 Å². The molecule has 0 fully saturated rings. The number of hydrogen-bond donors (Lipinski definition) is 0. The minimum absolute atomic E-state index is 0.0964. The number of aromatic nitrogens is 3. The van der Waals surface area contributed by atoms with Gasteiger partial charge in [-0.3, -0.25) is 0 Å². The molecule has 24 heavy (non-hydrogen) atoms. The third-order valence-electron chi connectivity index (χ3n) is 3.27. The maximum absolute atomic E-state index is 12.9. The van der Waals surface area contributed by atoms with Gasteiger partial charge in [-0.1, -0.05) is 29.1 Å². The highest BCUT2D eigenvalue weighted by Crippen LogP contribution is 2.32. The average molecular weight is 340 g/mol. The zero-order chi connectivity index (χ0) is 16.9. The third kappa shape index (κ3) is 3.97. The van der Waals surface area contributed by atoms with Crippen molar-refractivity contribution in [2.24, 2.45) is 0 Å². The highest BCUT2D eigenvalue weighted by molar-refractivity contribution is 7.99. The summed E-state index contributed by atoms with van der Waals surface area (Å²) in [5.74, 6) is 0.758. The lowest BCUT2D eigenvalue weighted by molar-refractivity contribution is 0.375. The molecule has 0 saturated heterocycles. The number of nitriles is 1. The van der Waals surface area contributed by atoms with Gasteiger partial charge in [-0.25, -0.2) is 9.37 Å². The number of hydrogen-bond acceptors (Lipinski definition) is 6. The SMILES string of the molecule is C[C@@H](Sc1cc(C#N)ccn1)c1nc(Cc2ccc(F)cc2)no1. The van der Waals surface area contributed by atoms with Gasteiger partial charge in [0, 0.05) is 12.6 Å². The fourth-order valence-electron chi connectivity index (χ4n) is 2.06. The van der Waals surface area contributed by atoms with Gasteiger partial charge in [0.2, 0.25) is 5.89 Å². The molecule has 5 nitrogen and oxygen atoms in total. The number of rotatable bonds is 5. The molecule has 2 heterocycles. The lowest BCUT2D eigenvalue weighted by atomic mass is 10.1. The van der Waals surface area contributed by atoms with Crippen LogP contribution in [-0.4, -0.2) is 15.1 Å². The van der Waals surface area contributed by atoms with Crippen molar-refractivity contribution in [3.8, 4) is 6.07 Å². The standard InChI is InChI=1S/C17H13FN4OS/c1-11(24-16-9-13(10-19)6-7-20-16)17-21-15(22-23-17)8-12-2-4-14(18)5-3-12/h2-7,9,11H,8H2,1H3/t11-/m1/s1. The molecule has 0 amide bonds. The minimum atomic E-state index is -0.273. The van der Waals surface area contributed by atoms with E-state index < -0.39 is 0 Å². The lowest BCUT2D eigenvalue weighted by Crippen LogP contribution is -1.94. The van der Waals surface area contributed by atoms with E-state index in [0.29, 0.717) is 23.7 Å². The predicted molar refractivity (Wildman–Crippen MR) is 86.7 cm³/mol. The molecule has 3 rings (SSSR count). The molecule has 0 aliphatic heterocycles. The van der Waals surface area contributed by atoms with Gasteiger partial charge in [0.25, 0.3) is 0 Å². The van der Waals surface area contributed by atoms with Crippen LogP contribution in [0.15, 0.2) is 52.1 Å². The predicted octanol–water partition coefficient (Wildman–Crippen LogP) is 3.92. The molecule has 120 valence electrons. The molecule has 0 radical (unpaired) electrons. The Kier molecular flexibility index (Phi) is 4.87. The first-order valence-electron chi connectivity index (χ1n) is 7.24. The first-order valence-corrected chi connectivity index (χ1v) is 8.12. The van der Waals surface area contributed by atoms with Crippen LogP contribution in [0.25, 0.3) is 0 Å². The van der Waals surface area contributed by atoms with E-state index in [2.05, 4.69) is 21.2 Å². The Morgan fingerprint density at radius 3 is 2.83 bits per heavy atom. The van der Waals surface area contributed by atoms with Crippen LogP contribution in [0.5, 0.6) is 0 Å². The summed E-state index contributed by atoms with van der Waals surface area (Å²) in [6.07, 6.45) is 2.07. The molecule has 0 aliphatic rings. The molecule has 0 aliphatic carbocycles. The van der Waals surface area contributed by atoms with Crippen molar-refractivity contribution in [1.82, 2.24) is 15.1 Å². The zero-order valence-electron chi connectivity index (χ0n) is 12.8. The van der Waals surface area contributed by atoms with Gasteiger partial charge in [-0.05, 0) is 36.8 Å². The summed E-state index contributed by atoms with van der Waals surface area (Å²) in [7, 11) is 0. The van der Waals surface area contributed by atoms with Gasteiger partial charge in [0.05, 0.1) is 21.9 Å². The Morgan fingerprint density at radius 1 is 1.29 bits per heavy atom. The van der Waals surface area contributed by atoms with Gasteiger partial charge in [0.1, 0.15) is 5.82 Å². The van der Waals surface area contributed by atoms with E-state index >= 15 is 0 Å². The van der Waals surface area contributed by atoms with Crippen molar-refractivity contribution >= 4 is 11.8 Å². The molecule has 0 spiro atoms. The van der Waals surface area contributed by atoms with E-state index in [1.54, 1.807) is 30.5 Å². The van der Waals surface area contributed by atoms with Crippen molar-refractivity contribution < 1.29 is 8.91 Å². The Balaban J connectivity index is 1.68. The number of pyridine rings is 1. The maximum atomic E-state index is 12.9. The van der Waals surface area contributed by atoms with E-state index in [1.165, 1.54) is 23.9 Å². The molecule has 1 aromatic carbocycles. The fraction of sp³-hybridized carbons (Fsp3) is 0.176. The minimum Gasteiger partial charge on any atom is -0.338 e. The topological polar surface area (TPSA) is 75.6 Å². The molecular weight excluding hydrogens is 327 g/mol. The fourth-order valence-corrected chi connectivity index (χ4v) is 2.94. The first-order chi connectivity index (χ1) is 11.6. The number of benzene rings is 1. The molecule has 0 bridgehead atoms. The first kappa shape index (κ1) is 16.1. The smallest absolute Gasteiger partial charge is 0.239 e. The second kappa shape index (κ2) is 7.23. The molecule has 1 atom stereocenters. The molecule has 2 aromatic heterocycles. The largest absolute Gasteiger partial charge is 0.338 e. The molecular formula is C17H13FN4OS. The normalized spacial score (nSPS) is 11.9. The molecule has 7 heteroatoms. The maximum Gasteiger partial charge on any atom is 0.239 e. The summed E-state index contributed by atoms with van der Waals surface area (Å²) in [5, 5.41) is 13.5. The summed E-state index contributed by atoms with van der Waals surface area (Å²) in [5.41, 5.74) is 1.47. The van der Waals surface area contributed by atoms with Gasteiger partial charge in [0.15, 0.2) is 5.82 Å². The van der Waals surface area contributed by atoms with Gasteiger partial charge >= 0.3 is 0 Å². The van der Waals surface area contributed by atoms with E-state index in [4.69, 9.17) is 9.78 Å². The lowest BCUT2D eigenvalue weighted by Gasteiger charge is -2.05. The summed E-state index contributed by atoms with van der Waals surface area (Å²) >= 11 is 1.44. The van der Waals surface area contributed by atoms with Crippen molar-refractivity contribution in [2.45, 2.75) is 23.6 Å². The van der Waals surface area contributed by atoms with E-state index in [1.807, 2.05) is 6.92 Å². The molecule has 0 unspecified atom stereocenters. The highest BCUT2D eigenvalue weighted by Gasteiger charge is 2.16. The van der Waals surface area contributed by atoms with Crippen LogP contribution in [0.2, 0.25) is 0 Å². The van der Waals surface area contributed by atoms with Gasteiger partial charge < -0.3 is 4.52 Å². The van der Waals surface area contributed by atoms with Crippen LogP contribution in [0, 0.1) is 17.1 Å². The Morgan fingerprint density at radius 2 is 2.08 bits per heavy atom. The van der Waals surface area contributed by atoms with Crippen LogP contribution in [0.3, 0.4) is 0 Å². The Bertz CT molecular complexity index is 873. The van der Waals surface area contributed by atoms with Crippen LogP contribution >= 0.6 is 11.8 Å². The number of nitrogens with zero attached hydrogens (tertiary/aromatic N) is 4.